The zero-order chi connectivity index (χ0) is 19.9. The highest BCUT2D eigenvalue weighted by Gasteiger charge is 2.15. The molecule has 1 saturated heterocycles. The Labute approximate surface area is 168 Å². The Bertz CT molecular complexity index is 747. The van der Waals surface area contributed by atoms with Crippen molar-refractivity contribution in [1.82, 2.24) is 10.3 Å². The lowest BCUT2D eigenvalue weighted by Gasteiger charge is -2.32. The van der Waals surface area contributed by atoms with Crippen LogP contribution in [0, 0.1) is 11.8 Å². The van der Waals surface area contributed by atoms with E-state index in [0.717, 1.165) is 36.8 Å². The van der Waals surface area contributed by atoms with Crippen LogP contribution in [0.5, 0.6) is 0 Å². The van der Waals surface area contributed by atoms with Crippen LogP contribution in [-0.4, -0.2) is 30.5 Å². The number of hydrogen-bond acceptors (Lipinski definition) is 4. The van der Waals surface area contributed by atoms with E-state index >= 15 is 0 Å². The van der Waals surface area contributed by atoms with Gasteiger partial charge in [-0.3, -0.25) is 4.79 Å². The van der Waals surface area contributed by atoms with Crippen molar-refractivity contribution in [3.63, 3.8) is 0 Å². The minimum atomic E-state index is -0.118. The monoisotopic (exact) mass is 380 g/mol. The summed E-state index contributed by atoms with van der Waals surface area (Å²) in [5.74, 6) is 1.29. The Morgan fingerprint density at radius 2 is 1.79 bits per heavy atom. The highest BCUT2D eigenvalue weighted by Crippen LogP contribution is 2.25. The molecule has 2 N–H and O–H groups in total. The molecule has 1 aromatic carbocycles. The van der Waals surface area contributed by atoms with Crippen molar-refractivity contribution < 1.29 is 4.79 Å². The Morgan fingerprint density at radius 1 is 1.11 bits per heavy atom. The van der Waals surface area contributed by atoms with Gasteiger partial charge in [0.25, 0.3) is 5.91 Å². The maximum absolute atomic E-state index is 12.1. The SMILES string of the molecule is CC(C)CCNC(=O)c1ccc(Nc2ccc(N3CCC(C)CC3)cc2)cn1. The second-order valence-corrected chi connectivity index (χ2v) is 8.21. The number of hydrogen-bond donors (Lipinski definition) is 2. The molecule has 5 heteroatoms. The number of carbonyl (C=O) groups excluding carboxylic acids is 1. The number of benzene rings is 1. The lowest BCUT2D eigenvalue weighted by atomic mass is 9.99. The zero-order valence-corrected chi connectivity index (χ0v) is 17.2. The van der Waals surface area contributed by atoms with E-state index in [4.69, 9.17) is 0 Å². The van der Waals surface area contributed by atoms with Gasteiger partial charge in [0.1, 0.15) is 5.69 Å². The molecule has 2 aromatic rings. The topological polar surface area (TPSA) is 57.3 Å². The molecule has 28 heavy (non-hydrogen) atoms. The van der Waals surface area contributed by atoms with Gasteiger partial charge in [0, 0.05) is 31.0 Å². The molecule has 0 unspecified atom stereocenters. The summed E-state index contributed by atoms with van der Waals surface area (Å²) in [6, 6.07) is 12.2. The summed E-state index contributed by atoms with van der Waals surface area (Å²) < 4.78 is 0. The van der Waals surface area contributed by atoms with Crippen LogP contribution in [0.1, 0.15) is 50.5 Å². The standard InChI is InChI=1S/C23H32N4O/c1-17(2)10-13-24-23(28)22-9-6-20(16-25-22)26-19-4-7-21(8-5-19)27-14-11-18(3)12-15-27/h4-9,16-18,26H,10-15H2,1-3H3,(H,24,28). The fourth-order valence-electron chi connectivity index (χ4n) is 3.36. The van der Waals surface area contributed by atoms with Crippen molar-refractivity contribution in [2.24, 2.45) is 11.8 Å². The summed E-state index contributed by atoms with van der Waals surface area (Å²) in [6.07, 6.45) is 5.21. The number of aromatic nitrogens is 1. The molecule has 1 aliphatic heterocycles. The first-order valence-electron chi connectivity index (χ1n) is 10.4. The third-order valence-electron chi connectivity index (χ3n) is 5.31. The van der Waals surface area contributed by atoms with Gasteiger partial charge in [-0.2, -0.15) is 0 Å². The molecule has 5 nitrogen and oxygen atoms in total. The summed E-state index contributed by atoms with van der Waals surface area (Å²) in [5, 5.41) is 6.27. The molecule has 2 heterocycles. The van der Waals surface area contributed by atoms with Gasteiger partial charge in [0.15, 0.2) is 0 Å². The molecule has 1 amide bonds. The summed E-state index contributed by atoms with van der Waals surface area (Å²) in [4.78, 5) is 18.8. The van der Waals surface area contributed by atoms with Crippen LogP contribution in [0.3, 0.4) is 0 Å². The Morgan fingerprint density at radius 3 is 2.39 bits per heavy atom. The third kappa shape index (κ3) is 5.72. The van der Waals surface area contributed by atoms with E-state index in [2.05, 4.69) is 65.6 Å². The van der Waals surface area contributed by atoms with Crippen molar-refractivity contribution in [1.29, 1.82) is 0 Å². The number of pyridine rings is 1. The Hall–Kier alpha value is -2.56. The van der Waals surface area contributed by atoms with Gasteiger partial charge in [0.2, 0.25) is 0 Å². The molecule has 0 bridgehead atoms. The van der Waals surface area contributed by atoms with Crippen molar-refractivity contribution >= 4 is 23.0 Å². The average Bonchev–Trinajstić information content (AvgIpc) is 2.69. The minimum Gasteiger partial charge on any atom is -0.372 e. The normalized spacial score (nSPS) is 14.9. The molecule has 0 atom stereocenters. The van der Waals surface area contributed by atoms with Crippen LogP contribution in [0.25, 0.3) is 0 Å². The maximum atomic E-state index is 12.1. The van der Waals surface area contributed by atoms with Crippen LogP contribution in [0.15, 0.2) is 42.6 Å². The number of anilines is 3. The second-order valence-electron chi connectivity index (χ2n) is 8.21. The first kappa shape index (κ1) is 20.2. The van der Waals surface area contributed by atoms with E-state index in [0.29, 0.717) is 18.2 Å². The number of piperidine rings is 1. The number of rotatable bonds is 7. The number of nitrogens with zero attached hydrogens (tertiary/aromatic N) is 2. The minimum absolute atomic E-state index is 0.118. The summed E-state index contributed by atoms with van der Waals surface area (Å²) >= 11 is 0. The fourth-order valence-corrected chi connectivity index (χ4v) is 3.36. The lowest BCUT2D eigenvalue weighted by molar-refractivity contribution is 0.0947. The van der Waals surface area contributed by atoms with Gasteiger partial charge in [-0.1, -0.05) is 20.8 Å². The van der Waals surface area contributed by atoms with Crippen molar-refractivity contribution in [3.05, 3.63) is 48.3 Å². The van der Waals surface area contributed by atoms with Crippen LogP contribution in [-0.2, 0) is 0 Å². The van der Waals surface area contributed by atoms with E-state index in [1.807, 2.05) is 6.07 Å². The van der Waals surface area contributed by atoms with E-state index in [1.165, 1.54) is 18.5 Å². The number of carbonyl (C=O) groups is 1. The number of amides is 1. The van der Waals surface area contributed by atoms with Crippen LogP contribution in [0.4, 0.5) is 17.1 Å². The van der Waals surface area contributed by atoms with Gasteiger partial charge in [0.05, 0.1) is 11.9 Å². The first-order valence-corrected chi connectivity index (χ1v) is 10.4. The van der Waals surface area contributed by atoms with E-state index in [9.17, 15) is 4.79 Å². The molecule has 150 valence electrons. The molecule has 1 aliphatic rings. The fraction of sp³-hybridized carbons (Fsp3) is 0.478. The van der Waals surface area contributed by atoms with Gasteiger partial charge in [-0.15, -0.1) is 0 Å². The van der Waals surface area contributed by atoms with Crippen molar-refractivity contribution in [3.8, 4) is 0 Å². The molecular formula is C23H32N4O. The second kappa shape index (κ2) is 9.58. The predicted octanol–water partition coefficient (Wildman–Crippen LogP) is 4.84. The number of nitrogens with one attached hydrogen (secondary N) is 2. The molecule has 0 spiro atoms. The van der Waals surface area contributed by atoms with Crippen molar-refractivity contribution in [2.45, 2.75) is 40.0 Å². The first-order chi connectivity index (χ1) is 13.5. The summed E-state index contributed by atoms with van der Waals surface area (Å²) in [7, 11) is 0. The van der Waals surface area contributed by atoms with Crippen LogP contribution in [0.2, 0.25) is 0 Å². The molecule has 0 aliphatic carbocycles. The molecular weight excluding hydrogens is 348 g/mol. The lowest BCUT2D eigenvalue weighted by Crippen LogP contribution is -2.32. The highest BCUT2D eigenvalue weighted by molar-refractivity contribution is 5.92. The molecule has 3 rings (SSSR count). The van der Waals surface area contributed by atoms with Crippen molar-refractivity contribution in [2.75, 3.05) is 29.9 Å². The smallest absolute Gasteiger partial charge is 0.269 e. The van der Waals surface area contributed by atoms with Gasteiger partial charge in [-0.05, 0) is 67.5 Å². The molecule has 1 aromatic heterocycles. The van der Waals surface area contributed by atoms with Crippen LogP contribution < -0.4 is 15.5 Å². The largest absolute Gasteiger partial charge is 0.372 e. The van der Waals surface area contributed by atoms with Gasteiger partial charge in [-0.25, -0.2) is 4.98 Å². The van der Waals surface area contributed by atoms with E-state index < -0.39 is 0 Å². The quantitative estimate of drug-likeness (QED) is 0.722. The molecule has 0 saturated carbocycles. The Balaban J connectivity index is 1.53. The highest BCUT2D eigenvalue weighted by atomic mass is 16.1. The third-order valence-corrected chi connectivity index (χ3v) is 5.31. The van der Waals surface area contributed by atoms with Crippen LogP contribution >= 0.6 is 0 Å². The van der Waals surface area contributed by atoms with E-state index in [1.54, 1.807) is 12.3 Å². The predicted molar refractivity (Wildman–Crippen MR) is 116 cm³/mol. The Kier molecular flexibility index (Phi) is 6.90. The zero-order valence-electron chi connectivity index (χ0n) is 17.2. The van der Waals surface area contributed by atoms with Gasteiger partial charge < -0.3 is 15.5 Å². The summed E-state index contributed by atoms with van der Waals surface area (Å²) in [6.45, 7) is 9.57. The average molecular weight is 381 g/mol. The maximum Gasteiger partial charge on any atom is 0.269 e. The molecule has 0 radical (unpaired) electrons. The molecule has 1 fully saturated rings. The van der Waals surface area contributed by atoms with Gasteiger partial charge >= 0.3 is 0 Å². The summed E-state index contributed by atoms with van der Waals surface area (Å²) in [5.41, 5.74) is 3.62. The van der Waals surface area contributed by atoms with E-state index in [-0.39, 0.29) is 5.91 Å².